The lowest BCUT2D eigenvalue weighted by Gasteiger charge is -2.08. The minimum absolute atomic E-state index is 0.343. The van der Waals surface area contributed by atoms with Crippen LogP contribution in [-0.2, 0) is 13.5 Å². The van der Waals surface area contributed by atoms with E-state index in [0.717, 1.165) is 22.9 Å². The van der Waals surface area contributed by atoms with E-state index in [2.05, 4.69) is 17.8 Å². The smallest absolute Gasteiger partial charge is 0.286 e. The molecule has 0 atom stereocenters. The fourth-order valence-electron chi connectivity index (χ4n) is 2.65. The fraction of sp³-hybridized carbons (Fsp3) is 0.158. The van der Waals surface area contributed by atoms with Gasteiger partial charge in [-0.05, 0) is 36.2 Å². The highest BCUT2D eigenvalue weighted by atomic mass is 16.2. The molecule has 1 aromatic heterocycles. The van der Waals surface area contributed by atoms with E-state index in [9.17, 15) is 9.59 Å². The lowest BCUT2D eigenvalue weighted by Crippen LogP contribution is -2.42. The van der Waals surface area contributed by atoms with Gasteiger partial charge in [-0.3, -0.25) is 20.4 Å². The Morgan fingerprint density at radius 2 is 1.62 bits per heavy atom. The van der Waals surface area contributed by atoms with E-state index in [1.54, 1.807) is 22.8 Å². The topological polar surface area (TPSA) is 63.1 Å². The summed E-state index contributed by atoms with van der Waals surface area (Å²) < 4.78 is 1.80. The highest BCUT2D eigenvalue weighted by Gasteiger charge is 2.14. The van der Waals surface area contributed by atoms with Crippen LogP contribution in [0.4, 0.5) is 0 Å². The Morgan fingerprint density at radius 3 is 2.29 bits per heavy atom. The van der Waals surface area contributed by atoms with Crippen LogP contribution in [0.25, 0.3) is 10.9 Å². The van der Waals surface area contributed by atoms with Gasteiger partial charge >= 0.3 is 0 Å². The van der Waals surface area contributed by atoms with E-state index in [1.807, 2.05) is 43.4 Å². The first-order valence-electron chi connectivity index (χ1n) is 7.84. The molecule has 0 saturated carbocycles. The number of hydrogen-bond acceptors (Lipinski definition) is 2. The molecular formula is C19H19N3O2. The van der Waals surface area contributed by atoms with Gasteiger partial charge in [-0.1, -0.05) is 37.3 Å². The molecule has 1 heterocycles. The second-order valence-electron chi connectivity index (χ2n) is 5.61. The summed E-state index contributed by atoms with van der Waals surface area (Å²) in [6, 6.07) is 16.8. The van der Waals surface area contributed by atoms with Gasteiger partial charge in [0.1, 0.15) is 5.69 Å². The normalized spacial score (nSPS) is 10.6. The summed E-state index contributed by atoms with van der Waals surface area (Å²) in [5, 5.41) is 0.978. The summed E-state index contributed by atoms with van der Waals surface area (Å²) in [7, 11) is 1.82. The Labute approximate surface area is 140 Å². The first-order chi connectivity index (χ1) is 11.6. The van der Waals surface area contributed by atoms with Crippen molar-refractivity contribution >= 4 is 22.7 Å². The van der Waals surface area contributed by atoms with Gasteiger partial charge in [0.05, 0.1) is 0 Å². The Kier molecular flexibility index (Phi) is 4.33. The number of carbonyl (C=O) groups excluding carboxylic acids is 2. The number of nitrogens with one attached hydrogen (secondary N) is 2. The zero-order valence-corrected chi connectivity index (χ0v) is 13.7. The van der Waals surface area contributed by atoms with Gasteiger partial charge in [-0.15, -0.1) is 0 Å². The molecule has 3 rings (SSSR count). The highest BCUT2D eigenvalue weighted by Crippen LogP contribution is 2.17. The molecule has 0 fully saturated rings. The number of amides is 2. The first-order valence-corrected chi connectivity index (χ1v) is 7.84. The number of aryl methyl sites for hydroxylation is 2. The molecule has 0 aliphatic heterocycles. The molecule has 0 radical (unpaired) electrons. The summed E-state index contributed by atoms with van der Waals surface area (Å²) in [6.07, 6.45) is 0.916. The van der Waals surface area contributed by atoms with Crippen molar-refractivity contribution in [2.45, 2.75) is 13.3 Å². The Balaban J connectivity index is 1.69. The van der Waals surface area contributed by atoms with E-state index in [0.29, 0.717) is 11.3 Å². The number of nitrogens with zero attached hydrogens (tertiary/aromatic N) is 1. The van der Waals surface area contributed by atoms with E-state index >= 15 is 0 Å². The maximum absolute atomic E-state index is 12.3. The average Bonchev–Trinajstić information content (AvgIpc) is 2.96. The van der Waals surface area contributed by atoms with Crippen molar-refractivity contribution < 1.29 is 9.59 Å². The molecule has 0 spiro atoms. The minimum Gasteiger partial charge on any atom is -0.340 e. The van der Waals surface area contributed by atoms with Gasteiger partial charge in [-0.25, -0.2) is 0 Å². The van der Waals surface area contributed by atoms with E-state index in [4.69, 9.17) is 0 Å². The van der Waals surface area contributed by atoms with Gasteiger partial charge in [0.25, 0.3) is 11.8 Å². The lowest BCUT2D eigenvalue weighted by molar-refractivity contribution is 0.0842. The second kappa shape index (κ2) is 6.58. The zero-order valence-electron chi connectivity index (χ0n) is 13.7. The van der Waals surface area contributed by atoms with Crippen LogP contribution >= 0.6 is 0 Å². The molecule has 24 heavy (non-hydrogen) atoms. The van der Waals surface area contributed by atoms with Crippen molar-refractivity contribution in [3.05, 3.63) is 71.4 Å². The standard InChI is InChI=1S/C19H19N3O2/c1-3-13-8-10-14(11-9-13)18(23)20-21-19(24)17-12-15-6-4-5-7-16(15)22(17)2/h4-12H,3H2,1-2H3,(H,20,23)(H,21,24). The van der Waals surface area contributed by atoms with E-state index in [-0.39, 0.29) is 11.8 Å². The molecule has 2 amide bonds. The summed E-state index contributed by atoms with van der Waals surface area (Å²) in [6.45, 7) is 2.05. The molecule has 5 nitrogen and oxygen atoms in total. The number of hydrogen-bond donors (Lipinski definition) is 2. The molecule has 0 bridgehead atoms. The molecule has 0 unspecified atom stereocenters. The van der Waals surface area contributed by atoms with Crippen LogP contribution in [0.15, 0.2) is 54.6 Å². The number of fused-ring (bicyclic) bond motifs is 1. The zero-order chi connectivity index (χ0) is 17.1. The minimum atomic E-state index is -0.354. The Bertz CT molecular complexity index is 895. The van der Waals surface area contributed by atoms with Gasteiger partial charge in [0.15, 0.2) is 0 Å². The summed E-state index contributed by atoms with van der Waals surface area (Å²) in [5.41, 5.74) is 8.03. The first kappa shape index (κ1) is 15.8. The fourth-order valence-corrected chi connectivity index (χ4v) is 2.65. The third kappa shape index (κ3) is 3.01. The van der Waals surface area contributed by atoms with Crippen LogP contribution in [0, 0.1) is 0 Å². The Hall–Kier alpha value is -3.08. The van der Waals surface area contributed by atoms with Crippen LogP contribution < -0.4 is 10.9 Å². The number of rotatable bonds is 3. The number of para-hydroxylation sites is 1. The largest absolute Gasteiger partial charge is 0.340 e. The third-order valence-electron chi connectivity index (χ3n) is 4.10. The third-order valence-corrected chi connectivity index (χ3v) is 4.10. The summed E-state index contributed by atoms with van der Waals surface area (Å²) in [5.74, 6) is -0.697. The Morgan fingerprint density at radius 1 is 0.958 bits per heavy atom. The number of benzene rings is 2. The van der Waals surface area contributed by atoms with Gasteiger partial charge in [0.2, 0.25) is 0 Å². The molecule has 0 saturated heterocycles. The molecule has 0 aliphatic rings. The maximum Gasteiger partial charge on any atom is 0.286 e. The van der Waals surface area contributed by atoms with Gasteiger partial charge in [-0.2, -0.15) is 0 Å². The van der Waals surface area contributed by atoms with Crippen molar-refractivity contribution in [1.29, 1.82) is 0 Å². The van der Waals surface area contributed by atoms with E-state index < -0.39 is 0 Å². The van der Waals surface area contributed by atoms with E-state index in [1.165, 1.54) is 0 Å². The van der Waals surface area contributed by atoms with Gasteiger partial charge in [0, 0.05) is 23.5 Å². The SMILES string of the molecule is CCc1ccc(C(=O)NNC(=O)c2cc3ccccc3n2C)cc1. The van der Waals surface area contributed by atoms with Crippen molar-refractivity contribution in [3.8, 4) is 0 Å². The van der Waals surface area contributed by atoms with Crippen LogP contribution in [0.5, 0.6) is 0 Å². The average molecular weight is 321 g/mol. The number of carbonyl (C=O) groups is 2. The molecule has 122 valence electrons. The molecule has 5 heteroatoms. The summed E-state index contributed by atoms with van der Waals surface area (Å²) in [4.78, 5) is 24.4. The summed E-state index contributed by atoms with van der Waals surface area (Å²) >= 11 is 0. The van der Waals surface area contributed by atoms with Crippen molar-refractivity contribution in [3.63, 3.8) is 0 Å². The van der Waals surface area contributed by atoms with Crippen molar-refractivity contribution in [2.75, 3.05) is 0 Å². The molecule has 0 aliphatic carbocycles. The molecule has 3 aromatic rings. The predicted octanol–water partition coefficient (Wildman–Crippen LogP) is 2.82. The second-order valence-corrected chi connectivity index (χ2v) is 5.61. The monoisotopic (exact) mass is 321 g/mol. The predicted molar refractivity (Wildman–Crippen MR) is 93.7 cm³/mol. The van der Waals surface area contributed by atoms with Crippen LogP contribution in [0.1, 0.15) is 33.3 Å². The molecule has 2 N–H and O–H groups in total. The van der Waals surface area contributed by atoms with Crippen LogP contribution in [-0.4, -0.2) is 16.4 Å². The van der Waals surface area contributed by atoms with Gasteiger partial charge < -0.3 is 4.57 Å². The maximum atomic E-state index is 12.3. The van der Waals surface area contributed by atoms with Crippen LogP contribution in [0.3, 0.4) is 0 Å². The molecule has 2 aromatic carbocycles. The van der Waals surface area contributed by atoms with Crippen molar-refractivity contribution in [1.82, 2.24) is 15.4 Å². The molecular weight excluding hydrogens is 302 g/mol. The lowest BCUT2D eigenvalue weighted by atomic mass is 10.1. The number of aromatic nitrogens is 1. The van der Waals surface area contributed by atoms with Crippen molar-refractivity contribution in [2.24, 2.45) is 7.05 Å². The number of hydrazine groups is 1. The van der Waals surface area contributed by atoms with Crippen LogP contribution in [0.2, 0.25) is 0 Å². The highest BCUT2D eigenvalue weighted by molar-refractivity contribution is 6.01. The quantitative estimate of drug-likeness (QED) is 0.729.